The van der Waals surface area contributed by atoms with Gasteiger partial charge in [0.05, 0.1) is 40.7 Å². The average Bonchev–Trinajstić information content (AvgIpc) is 3.62. The maximum absolute atomic E-state index is 13.4. The van der Waals surface area contributed by atoms with Crippen LogP contribution in [0.25, 0.3) is 10.8 Å². The van der Waals surface area contributed by atoms with Crippen molar-refractivity contribution in [3.63, 3.8) is 0 Å². The van der Waals surface area contributed by atoms with E-state index in [9.17, 15) is 68.9 Å². The number of hydrogen-bond donors (Lipinski definition) is 8. The van der Waals surface area contributed by atoms with Crippen LogP contribution >= 0.6 is 12.0 Å². The van der Waals surface area contributed by atoms with Crippen LogP contribution in [0, 0.1) is 6.92 Å². The highest BCUT2D eigenvalue weighted by Crippen LogP contribution is 2.48. The van der Waals surface area contributed by atoms with Crippen molar-refractivity contribution in [2.24, 2.45) is 35.8 Å². The fraction of sp³-hybridized carbons (Fsp3) is 0.162. The van der Waals surface area contributed by atoms with Gasteiger partial charge in [-0.1, -0.05) is 11.1 Å². The van der Waals surface area contributed by atoms with Crippen molar-refractivity contribution < 1.29 is 93.0 Å². The van der Waals surface area contributed by atoms with E-state index in [1.807, 2.05) is 0 Å². The van der Waals surface area contributed by atoms with Gasteiger partial charge in [-0.2, -0.15) is 45.6 Å². The number of aromatic hydroxyl groups is 1. The number of aryl methyl sites for hydroxylation is 1. The Hall–Kier alpha value is -6.95. The molecular formula is C37H32N8O20S4. The number of aliphatic carboxylic acids is 1. The Balaban J connectivity index is 1.44. The van der Waals surface area contributed by atoms with Crippen LogP contribution in [0.5, 0.6) is 17.2 Å². The summed E-state index contributed by atoms with van der Waals surface area (Å²) >= 11 is 0.117. The van der Waals surface area contributed by atoms with E-state index in [1.54, 1.807) is 6.92 Å². The highest BCUT2D eigenvalue weighted by molar-refractivity contribution is 7.94. The Morgan fingerprint density at radius 3 is 1.88 bits per heavy atom. The summed E-state index contributed by atoms with van der Waals surface area (Å²) in [5, 5.41) is 80.0. The highest BCUT2D eigenvalue weighted by atomic mass is 32.2. The number of carboxylic acids is 1. The lowest BCUT2D eigenvalue weighted by Gasteiger charge is -2.14. The molecule has 364 valence electrons. The number of ether oxygens (including phenoxy) is 2. The van der Waals surface area contributed by atoms with Crippen molar-refractivity contribution in [2.75, 3.05) is 31.4 Å². The molecule has 5 aromatic carbocycles. The number of azo groups is 3. The average molecular weight is 1040 g/mol. The van der Waals surface area contributed by atoms with Crippen molar-refractivity contribution in [1.82, 2.24) is 0 Å². The van der Waals surface area contributed by atoms with Crippen molar-refractivity contribution >= 4 is 105 Å². The number of hydrazone groups is 1. The number of fused-ring (bicyclic) bond motifs is 1. The first-order valence-electron chi connectivity index (χ1n) is 18.7. The standard InChI is InChI=1S/C37H32N8O20S4/c1-18-2-8-23(30(14-18)68(56,57)58)38-40-25-16-28(63-13-11-47)26(17-27(25)62-12-10-46)41-42-31-29(66-65-64-52)15-22-21(34(31)48)7-9-24(35(22)69(59,60)61)39-43-32-33(37(50)51)44-45(36(32)49)19-3-5-20(6-4-19)67(53,54)55/h2-9,14-17,32,46-48,52H,10-13H2,1H3,(H,50,51)(H,53,54,55)(H,56,57,58)(H,59,60,61)/b40-38?,42-41?,43-39+. The molecule has 69 heavy (non-hydrogen) atoms. The van der Waals surface area contributed by atoms with Gasteiger partial charge in [-0.3, -0.25) is 18.5 Å². The molecule has 8 N–H and O–H groups in total. The second kappa shape index (κ2) is 21.1. The van der Waals surface area contributed by atoms with Crippen LogP contribution in [0.3, 0.4) is 0 Å². The molecule has 32 heteroatoms. The first-order chi connectivity index (χ1) is 32.6. The number of aliphatic hydroxyl groups excluding tert-OH is 2. The van der Waals surface area contributed by atoms with Crippen LogP contribution in [0.4, 0.5) is 34.1 Å². The number of benzene rings is 5. The van der Waals surface area contributed by atoms with E-state index in [-0.39, 0.29) is 64.9 Å². The fourth-order valence-corrected chi connectivity index (χ4v) is 8.57. The highest BCUT2D eigenvalue weighted by Gasteiger charge is 2.41. The maximum Gasteiger partial charge on any atom is 0.355 e. The molecule has 0 fully saturated rings. The summed E-state index contributed by atoms with van der Waals surface area (Å²) in [6.07, 6.45) is 0. The molecule has 0 spiro atoms. The van der Waals surface area contributed by atoms with Crippen LogP contribution in [0.2, 0.25) is 0 Å². The number of aliphatic hydroxyl groups is 2. The van der Waals surface area contributed by atoms with Crippen LogP contribution in [-0.2, 0) is 49.3 Å². The molecule has 28 nitrogen and oxygen atoms in total. The van der Waals surface area contributed by atoms with E-state index >= 15 is 0 Å². The summed E-state index contributed by atoms with van der Waals surface area (Å²) < 4.78 is 118. The number of phenolic OH excluding ortho intramolecular Hbond substituents is 1. The van der Waals surface area contributed by atoms with Crippen LogP contribution < -0.4 is 14.5 Å². The minimum atomic E-state index is -5.40. The number of rotatable bonds is 20. The van der Waals surface area contributed by atoms with E-state index in [4.69, 9.17) is 14.7 Å². The Kier molecular flexibility index (Phi) is 15.8. The van der Waals surface area contributed by atoms with Gasteiger partial charge in [-0.05, 0) is 67.1 Å². The summed E-state index contributed by atoms with van der Waals surface area (Å²) in [7, 11) is -14.8. The predicted molar refractivity (Wildman–Crippen MR) is 234 cm³/mol. The molecule has 1 heterocycles. The number of amides is 1. The zero-order chi connectivity index (χ0) is 50.4. The number of carbonyl (C=O) groups is 2. The zero-order valence-corrected chi connectivity index (χ0v) is 37.8. The van der Waals surface area contributed by atoms with Crippen LogP contribution in [0.1, 0.15) is 5.56 Å². The van der Waals surface area contributed by atoms with E-state index < -0.39 is 109 Å². The van der Waals surface area contributed by atoms with Crippen LogP contribution in [0.15, 0.2) is 128 Å². The van der Waals surface area contributed by atoms with Gasteiger partial charge in [-0.15, -0.1) is 24.8 Å². The SMILES string of the molecule is Cc1ccc(N=Nc2cc(OCCO)c(N=Nc3c(SOOO)cc4c(S(=O)(=O)O)c(/N=N/C5C(=O)N(c6ccc(S(=O)(=O)O)cc6)N=C5C(=O)O)ccc4c3O)cc2OCCO)c(S(=O)(=O)O)c1. The number of hydrogen-bond acceptors (Lipinski definition) is 24. The molecule has 6 rings (SSSR count). The third-order valence-electron chi connectivity index (χ3n) is 9.02. The molecule has 0 saturated carbocycles. The van der Waals surface area contributed by atoms with Crippen molar-refractivity contribution in [1.29, 1.82) is 0 Å². The third-order valence-corrected chi connectivity index (χ3v) is 12.3. The minimum absolute atomic E-state index is 0.117. The number of anilines is 1. The van der Waals surface area contributed by atoms with E-state index in [1.165, 1.54) is 18.2 Å². The van der Waals surface area contributed by atoms with Gasteiger partial charge in [0.15, 0.2) is 11.5 Å². The summed E-state index contributed by atoms with van der Waals surface area (Å²) in [5.41, 5.74) is -2.54. The van der Waals surface area contributed by atoms with Gasteiger partial charge in [0, 0.05) is 22.9 Å². The molecular weight excluding hydrogens is 1000 g/mol. The third kappa shape index (κ3) is 11.8. The normalized spacial score (nSPS) is 14.7. The second-order valence-corrected chi connectivity index (χ2v) is 18.5. The number of nitrogens with zero attached hydrogens (tertiary/aromatic N) is 8. The lowest BCUT2D eigenvalue weighted by molar-refractivity contribution is -0.432. The molecule has 0 aromatic heterocycles. The van der Waals surface area contributed by atoms with Gasteiger partial charge >= 0.3 is 5.97 Å². The molecule has 0 aliphatic carbocycles. The summed E-state index contributed by atoms with van der Waals surface area (Å²) in [5.74, 6) is -4.17. The van der Waals surface area contributed by atoms with E-state index in [0.717, 1.165) is 54.6 Å². The topological polar surface area (TPSA) is 425 Å². The maximum atomic E-state index is 13.4. The van der Waals surface area contributed by atoms with Crippen molar-refractivity contribution in [3.05, 3.63) is 78.4 Å². The summed E-state index contributed by atoms with van der Waals surface area (Å²) in [4.78, 5) is 22.9. The Bertz CT molecular complexity index is 3320. The largest absolute Gasteiger partial charge is 0.505 e. The Labute approximate surface area is 391 Å². The minimum Gasteiger partial charge on any atom is -0.505 e. The summed E-state index contributed by atoms with van der Waals surface area (Å²) in [6.45, 7) is -0.157. The van der Waals surface area contributed by atoms with Crippen LogP contribution in [-0.4, -0.2) is 115 Å². The molecule has 0 radical (unpaired) electrons. The van der Waals surface area contributed by atoms with Crippen molar-refractivity contribution in [3.8, 4) is 17.2 Å². The first kappa shape index (κ1) is 51.4. The Morgan fingerprint density at radius 1 is 0.739 bits per heavy atom. The lowest BCUT2D eigenvalue weighted by Crippen LogP contribution is -2.33. The van der Waals surface area contributed by atoms with Gasteiger partial charge < -0.3 is 29.9 Å². The van der Waals surface area contributed by atoms with Gasteiger partial charge in [-0.25, -0.2) is 10.1 Å². The van der Waals surface area contributed by atoms with Gasteiger partial charge in [0.25, 0.3) is 36.3 Å². The molecule has 1 unspecified atom stereocenters. The smallest absolute Gasteiger partial charge is 0.355 e. The molecule has 1 amide bonds. The Morgan fingerprint density at radius 2 is 1.33 bits per heavy atom. The second-order valence-electron chi connectivity index (χ2n) is 13.6. The molecule has 1 aliphatic rings. The molecule has 1 atom stereocenters. The molecule has 0 bridgehead atoms. The molecule has 5 aromatic rings. The number of carboxylic acid groups (broad SMARTS) is 1. The molecule has 0 saturated heterocycles. The summed E-state index contributed by atoms with van der Waals surface area (Å²) in [6, 6.07) is 10.9. The van der Waals surface area contributed by atoms with Gasteiger partial charge in [0.2, 0.25) is 6.04 Å². The number of phenols is 1. The zero-order valence-electron chi connectivity index (χ0n) is 34.5. The quantitative estimate of drug-likeness (QED) is 0.0156. The van der Waals surface area contributed by atoms with Crippen molar-refractivity contribution in [2.45, 2.75) is 32.5 Å². The first-order valence-corrected chi connectivity index (χ1v) is 23.8. The molecule has 1 aliphatic heterocycles. The lowest BCUT2D eigenvalue weighted by atomic mass is 10.1. The van der Waals surface area contributed by atoms with E-state index in [0.29, 0.717) is 10.6 Å². The monoisotopic (exact) mass is 1040 g/mol. The number of carbonyl (C=O) groups excluding carboxylic acids is 1. The van der Waals surface area contributed by atoms with E-state index in [2.05, 4.69) is 45.2 Å². The fourth-order valence-electron chi connectivity index (χ4n) is 6.08. The predicted octanol–water partition coefficient (Wildman–Crippen LogP) is 5.53. The van der Waals surface area contributed by atoms with Gasteiger partial charge in [0.1, 0.15) is 62.9 Å².